The second-order valence-corrected chi connectivity index (χ2v) is 7.43. The molecule has 0 atom stereocenters. The molecule has 4 rings (SSSR count). The lowest BCUT2D eigenvalue weighted by Gasteiger charge is -2.29. The Morgan fingerprint density at radius 1 is 1.11 bits per heavy atom. The Morgan fingerprint density at radius 3 is 2.54 bits per heavy atom. The van der Waals surface area contributed by atoms with Crippen LogP contribution in [0, 0.1) is 0 Å². The summed E-state index contributed by atoms with van der Waals surface area (Å²) in [4.78, 5) is 14.8. The van der Waals surface area contributed by atoms with Gasteiger partial charge in [0.1, 0.15) is 11.7 Å². The van der Waals surface area contributed by atoms with Crippen LogP contribution in [0.1, 0.15) is 25.0 Å². The van der Waals surface area contributed by atoms with Crippen molar-refractivity contribution in [2.45, 2.75) is 33.5 Å². The average molecular weight is 401 g/mol. The third-order valence-corrected chi connectivity index (χ3v) is 5.49. The van der Waals surface area contributed by atoms with Crippen molar-refractivity contribution in [2.75, 3.05) is 19.8 Å². The van der Waals surface area contributed by atoms with E-state index in [1.165, 1.54) is 31.8 Å². The number of aromatic nitrogens is 4. The number of hydrogen-bond donors (Lipinski definition) is 0. The fraction of sp³-hybridized carbons (Fsp3) is 0.421. The second-order valence-electron chi connectivity index (χ2n) is 6.50. The van der Waals surface area contributed by atoms with Crippen molar-refractivity contribution in [3.8, 4) is 16.5 Å². The van der Waals surface area contributed by atoms with E-state index in [9.17, 15) is 4.79 Å². The molecule has 0 fully saturated rings. The molecule has 1 aliphatic heterocycles. The third kappa shape index (κ3) is 3.67. The summed E-state index contributed by atoms with van der Waals surface area (Å²) in [5.41, 5.74) is 2.23. The minimum Gasteiger partial charge on any atom is -0.490 e. The van der Waals surface area contributed by atoms with Gasteiger partial charge in [0.2, 0.25) is 0 Å². The van der Waals surface area contributed by atoms with E-state index in [-0.39, 0.29) is 5.69 Å². The minimum atomic E-state index is -0.227. The van der Waals surface area contributed by atoms with Crippen molar-refractivity contribution in [2.24, 2.45) is 0 Å². The van der Waals surface area contributed by atoms with Gasteiger partial charge in [0.15, 0.2) is 11.5 Å². The van der Waals surface area contributed by atoms with Crippen molar-refractivity contribution < 1.29 is 9.47 Å². The van der Waals surface area contributed by atoms with Crippen molar-refractivity contribution in [1.82, 2.24) is 24.7 Å². The van der Waals surface area contributed by atoms with E-state index in [2.05, 4.69) is 27.5 Å². The van der Waals surface area contributed by atoms with Gasteiger partial charge in [-0.05, 0) is 71.5 Å². The van der Waals surface area contributed by atoms with Crippen LogP contribution in [0.15, 0.2) is 34.4 Å². The van der Waals surface area contributed by atoms with Gasteiger partial charge < -0.3 is 9.47 Å². The molecule has 3 heterocycles. The van der Waals surface area contributed by atoms with Crippen LogP contribution in [0.2, 0.25) is 0 Å². The highest BCUT2D eigenvalue weighted by molar-refractivity contribution is 7.12. The normalized spacial score (nSPS) is 14.1. The van der Waals surface area contributed by atoms with E-state index < -0.39 is 0 Å². The first kappa shape index (κ1) is 18.7. The highest BCUT2D eigenvalue weighted by Crippen LogP contribution is 2.33. The Morgan fingerprint density at radius 2 is 1.86 bits per heavy atom. The molecule has 8 nitrogen and oxygen atoms in total. The first-order valence-electron chi connectivity index (χ1n) is 9.40. The molecule has 3 aromatic rings. The van der Waals surface area contributed by atoms with Crippen molar-refractivity contribution in [3.05, 3.63) is 51.3 Å². The Bertz CT molecular complexity index is 996. The molecule has 0 saturated heterocycles. The quantitative estimate of drug-likeness (QED) is 0.605. The lowest BCUT2D eigenvalue weighted by atomic mass is 9.99. The van der Waals surface area contributed by atoms with Gasteiger partial charge in [0, 0.05) is 13.1 Å². The molecule has 1 aliphatic rings. The van der Waals surface area contributed by atoms with Gasteiger partial charge in [-0.3, -0.25) is 4.90 Å². The molecular weight excluding hydrogens is 378 g/mol. The number of rotatable bonds is 7. The molecule has 0 saturated carbocycles. The van der Waals surface area contributed by atoms with E-state index in [0.29, 0.717) is 19.9 Å². The molecule has 0 unspecified atom stereocenters. The van der Waals surface area contributed by atoms with E-state index in [1.54, 1.807) is 0 Å². The Balaban J connectivity index is 1.53. The molecular formula is C19H23N5O3S. The smallest absolute Gasteiger partial charge is 0.370 e. The maximum Gasteiger partial charge on any atom is 0.370 e. The number of hydrogen-bond acceptors (Lipinski definition) is 7. The van der Waals surface area contributed by atoms with Gasteiger partial charge in [-0.2, -0.15) is 9.36 Å². The SMILES string of the molecule is CCOc1cc2c(cc1OCC)CN(Cn1nnn(-c3cccs3)c1=O)CC2. The Hall–Kier alpha value is -2.65. The zero-order valence-corrected chi connectivity index (χ0v) is 16.8. The van der Waals surface area contributed by atoms with Crippen molar-refractivity contribution in [3.63, 3.8) is 0 Å². The molecule has 0 bridgehead atoms. The van der Waals surface area contributed by atoms with Crippen LogP contribution in [0.25, 0.3) is 5.00 Å². The van der Waals surface area contributed by atoms with Gasteiger partial charge in [-0.25, -0.2) is 4.79 Å². The first-order valence-corrected chi connectivity index (χ1v) is 10.3. The van der Waals surface area contributed by atoms with E-state index in [4.69, 9.17) is 9.47 Å². The molecule has 0 N–H and O–H groups in total. The number of tetrazole rings is 1. The Kier molecular flexibility index (Phi) is 5.45. The molecule has 0 radical (unpaired) electrons. The monoisotopic (exact) mass is 401 g/mol. The van der Waals surface area contributed by atoms with Gasteiger partial charge in [0.05, 0.1) is 13.2 Å². The number of benzene rings is 1. The lowest BCUT2D eigenvalue weighted by Crippen LogP contribution is -2.36. The fourth-order valence-corrected chi connectivity index (χ4v) is 4.03. The van der Waals surface area contributed by atoms with Crippen LogP contribution in [-0.4, -0.2) is 44.4 Å². The van der Waals surface area contributed by atoms with Crippen LogP contribution < -0.4 is 15.2 Å². The fourth-order valence-electron chi connectivity index (χ4n) is 3.36. The Labute approximate surface area is 166 Å². The summed E-state index contributed by atoms with van der Waals surface area (Å²) in [5.74, 6) is 1.57. The standard InChI is InChI=1S/C19H23N5O3S/c1-3-26-16-10-14-7-8-22(12-15(14)11-17(16)27-4-2)13-23-19(25)24(21-20-23)18-6-5-9-28-18/h5-6,9-11H,3-4,7-8,12-13H2,1-2H3. The van der Waals surface area contributed by atoms with Crippen LogP contribution in [-0.2, 0) is 19.6 Å². The van der Waals surface area contributed by atoms with Crippen LogP contribution in [0.3, 0.4) is 0 Å². The number of ether oxygens (including phenoxy) is 2. The zero-order chi connectivity index (χ0) is 19.5. The minimum absolute atomic E-state index is 0.227. The predicted molar refractivity (Wildman–Crippen MR) is 106 cm³/mol. The van der Waals surface area contributed by atoms with Crippen molar-refractivity contribution in [1.29, 1.82) is 0 Å². The highest BCUT2D eigenvalue weighted by atomic mass is 32.1. The van der Waals surface area contributed by atoms with Crippen LogP contribution in [0.5, 0.6) is 11.5 Å². The van der Waals surface area contributed by atoms with Gasteiger partial charge >= 0.3 is 5.69 Å². The van der Waals surface area contributed by atoms with E-state index >= 15 is 0 Å². The van der Waals surface area contributed by atoms with Crippen LogP contribution >= 0.6 is 11.3 Å². The average Bonchev–Trinajstić information content (AvgIpc) is 3.33. The molecule has 0 amide bonds. The number of fused-ring (bicyclic) bond motifs is 1. The first-order chi connectivity index (χ1) is 13.7. The number of thiophene rings is 1. The molecule has 0 spiro atoms. The summed E-state index contributed by atoms with van der Waals surface area (Å²) in [6.07, 6.45) is 0.885. The van der Waals surface area contributed by atoms with Crippen LogP contribution in [0.4, 0.5) is 0 Å². The van der Waals surface area contributed by atoms with E-state index in [0.717, 1.165) is 36.0 Å². The maximum absolute atomic E-state index is 12.6. The molecule has 2 aromatic heterocycles. The molecule has 148 valence electrons. The largest absolute Gasteiger partial charge is 0.490 e. The maximum atomic E-state index is 12.6. The zero-order valence-electron chi connectivity index (χ0n) is 16.0. The molecule has 9 heteroatoms. The summed E-state index contributed by atoms with van der Waals surface area (Å²) >= 11 is 1.46. The predicted octanol–water partition coefficient (Wildman–Crippen LogP) is 2.30. The van der Waals surface area contributed by atoms with Gasteiger partial charge in [0.25, 0.3) is 0 Å². The van der Waals surface area contributed by atoms with Crippen molar-refractivity contribution >= 4 is 11.3 Å². The van der Waals surface area contributed by atoms with Gasteiger partial charge in [-0.1, -0.05) is 0 Å². The molecule has 0 aliphatic carbocycles. The summed E-state index contributed by atoms with van der Waals surface area (Å²) in [6.45, 7) is 7.09. The summed E-state index contributed by atoms with van der Waals surface area (Å²) < 4.78 is 14.2. The molecule has 28 heavy (non-hydrogen) atoms. The molecule has 1 aromatic carbocycles. The lowest BCUT2D eigenvalue weighted by molar-refractivity contribution is 0.184. The van der Waals surface area contributed by atoms with E-state index in [1.807, 2.05) is 31.4 Å². The number of nitrogens with zero attached hydrogens (tertiary/aromatic N) is 5. The summed E-state index contributed by atoms with van der Waals surface area (Å²) in [7, 11) is 0. The summed E-state index contributed by atoms with van der Waals surface area (Å²) in [6, 6.07) is 7.88. The third-order valence-electron chi connectivity index (χ3n) is 4.65. The topological polar surface area (TPSA) is 74.4 Å². The highest BCUT2D eigenvalue weighted by Gasteiger charge is 2.21. The summed E-state index contributed by atoms with van der Waals surface area (Å²) in [5, 5.41) is 10.7. The second kappa shape index (κ2) is 8.15. The van der Waals surface area contributed by atoms with Gasteiger partial charge in [-0.15, -0.1) is 11.3 Å².